The van der Waals surface area contributed by atoms with Gasteiger partial charge in [0.1, 0.15) is 5.76 Å². The highest BCUT2D eigenvalue weighted by molar-refractivity contribution is 5.84. The van der Waals surface area contributed by atoms with E-state index < -0.39 is 0 Å². The van der Waals surface area contributed by atoms with Crippen molar-refractivity contribution in [3.63, 3.8) is 0 Å². The standard InChI is InChI=1S/C19H30N4O2/c1-4-12-20-18(21-13-9-16-8-7-14-25-16)22-15-19(10-5-6-11-19)17(24)23(2)3/h4,7-8,14H,1,5-6,9-13,15H2,2-3H3,(H2,20,21,22). The molecule has 0 radical (unpaired) electrons. The molecule has 1 saturated carbocycles. The summed E-state index contributed by atoms with van der Waals surface area (Å²) in [5.41, 5.74) is -0.354. The molecule has 6 heteroatoms. The summed E-state index contributed by atoms with van der Waals surface area (Å²) in [6, 6.07) is 3.84. The van der Waals surface area contributed by atoms with E-state index in [1.54, 1.807) is 17.2 Å². The Labute approximate surface area is 150 Å². The number of amides is 1. The first-order chi connectivity index (χ1) is 12.1. The Morgan fingerprint density at radius 2 is 2.16 bits per heavy atom. The molecular formula is C19H30N4O2. The number of rotatable bonds is 8. The molecule has 0 aliphatic heterocycles. The first-order valence-electron chi connectivity index (χ1n) is 8.94. The molecule has 0 bridgehead atoms. The zero-order chi connectivity index (χ0) is 18.1. The summed E-state index contributed by atoms with van der Waals surface area (Å²) in [5, 5.41) is 6.53. The third-order valence-electron chi connectivity index (χ3n) is 4.62. The van der Waals surface area contributed by atoms with Gasteiger partial charge >= 0.3 is 0 Å². The van der Waals surface area contributed by atoms with E-state index in [4.69, 9.17) is 9.41 Å². The summed E-state index contributed by atoms with van der Waals surface area (Å²) >= 11 is 0. The van der Waals surface area contributed by atoms with E-state index >= 15 is 0 Å². The van der Waals surface area contributed by atoms with Crippen molar-refractivity contribution in [2.45, 2.75) is 32.1 Å². The number of hydrogen-bond acceptors (Lipinski definition) is 3. The van der Waals surface area contributed by atoms with Crippen molar-refractivity contribution in [1.82, 2.24) is 15.5 Å². The normalized spacial score (nSPS) is 16.5. The number of carbonyl (C=O) groups is 1. The molecule has 1 fully saturated rings. The van der Waals surface area contributed by atoms with Crippen molar-refractivity contribution in [3.05, 3.63) is 36.8 Å². The van der Waals surface area contributed by atoms with Crippen LogP contribution >= 0.6 is 0 Å². The van der Waals surface area contributed by atoms with Gasteiger partial charge in [-0.15, -0.1) is 6.58 Å². The largest absolute Gasteiger partial charge is 0.469 e. The summed E-state index contributed by atoms with van der Waals surface area (Å²) in [6.07, 6.45) is 8.26. The molecule has 25 heavy (non-hydrogen) atoms. The van der Waals surface area contributed by atoms with Crippen molar-refractivity contribution >= 4 is 11.9 Å². The van der Waals surface area contributed by atoms with Crippen LogP contribution in [0.2, 0.25) is 0 Å². The van der Waals surface area contributed by atoms with Gasteiger partial charge in [0.15, 0.2) is 5.96 Å². The Balaban J connectivity index is 1.99. The van der Waals surface area contributed by atoms with E-state index in [-0.39, 0.29) is 11.3 Å². The number of aliphatic imine (C=N–C) groups is 1. The van der Waals surface area contributed by atoms with Gasteiger partial charge in [-0.2, -0.15) is 0 Å². The minimum absolute atomic E-state index is 0.187. The van der Waals surface area contributed by atoms with Crippen LogP contribution < -0.4 is 10.6 Å². The van der Waals surface area contributed by atoms with Crippen molar-refractivity contribution in [3.8, 4) is 0 Å². The minimum atomic E-state index is -0.354. The molecule has 0 spiro atoms. The second-order valence-electron chi connectivity index (χ2n) is 6.78. The Morgan fingerprint density at radius 3 is 2.76 bits per heavy atom. The van der Waals surface area contributed by atoms with Gasteiger partial charge in [-0.1, -0.05) is 18.9 Å². The molecule has 1 aliphatic carbocycles. The van der Waals surface area contributed by atoms with Crippen LogP contribution in [0.15, 0.2) is 40.5 Å². The van der Waals surface area contributed by atoms with Crippen LogP contribution in [0.4, 0.5) is 0 Å². The third kappa shape index (κ3) is 5.37. The Bertz CT molecular complexity index is 572. The summed E-state index contributed by atoms with van der Waals surface area (Å²) < 4.78 is 5.34. The minimum Gasteiger partial charge on any atom is -0.469 e. The highest BCUT2D eigenvalue weighted by atomic mass is 16.3. The van der Waals surface area contributed by atoms with E-state index in [1.807, 2.05) is 26.2 Å². The Morgan fingerprint density at radius 1 is 1.40 bits per heavy atom. The average molecular weight is 346 g/mol. The lowest BCUT2D eigenvalue weighted by atomic mass is 9.85. The van der Waals surface area contributed by atoms with Gasteiger partial charge in [0.05, 0.1) is 18.2 Å². The average Bonchev–Trinajstić information content (AvgIpc) is 3.28. The highest BCUT2D eigenvalue weighted by Crippen LogP contribution is 2.39. The van der Waals surface area contributed by atoms with Crippen LogP contribution in [-0.2, 0) is 11.2 Å². The molecule has 0 unspecified atom stereocenters. The molecule has 2 N–H and O–H groups in total. The van der Waals surface area contributed by atoms with E-state index in [0.29, 0.717) is 25.6 Å². The van der Waals surface area contributed by atoms with Gasteiger partial charge in [-0.25, -0.2) is 0 Å². The van der Waals surface area contributed by atoms with Crippen LogP contribution in [0.5, 0.6) is 0 Å². The number of nitrogens with zero attached hydrogens (tertiary/aromatic N) is 2. The van der Waals surface area contributed by atoms with Crippen LogP contribution in [0.3, 0.4) is 0 Å². The van der Waals surface area contributed by atoms with Gasteiger partial charge in [-0.3, -0.25) is 9.79 Å². The SMILES string of the molecule is C=CCNC(=NCC1(C(=O)N(C)C)CCCC1)NCCc1ccco1. The van der Waals surface area contributed by atoms with Gasteiger partial charge in [0.25, 0.3) is 0 Å². The number of furan rings is 1. The van der Waals surface area contributed by atoms with Gasteiger partial charge in [0, 0.05) is 33.6 Å². The van der Waals surface area contributed by atoms with Crippen molar-refractivity contribution in [1.29, 1.82) is 0 Å². The number of nitrogens with one attached hydrogen (secondary N) is 2. The molecule has 1 aromatic rings. The lowest BCUT2D eigenvalue weighted by Gasteiger charge is -2.29. The first kappa shape index (κ1) is 19.1. The molecule has 1 amide bonds. The molecule has 0 atom stereocenters. The lowest BCUT2D eigenvalue weighted by Crippen LogP contribution is -2.43. The van der Waals surface area contributed by atoms with E-state index in [1.165, 1.54) is 0 Å². The Hall–Kier alpha value is -2.24. The van der Waals surface area contributed by atoms with Gasteiger partial charge in [0.2, 0.25) is 5.91 Å². The molecule has 138 valence electrons. The zero-order valence-corrected chi connectivity index (χ0v) is 15.4. The van der Waals surface area contributed by atoms with Gasteiger partial charge < -0.3 is 20.0 Å². The maximum Gasteiger partial charge on any atom is 0.230 e. The topological polar surface area (TPSA) is 69.9 Å². The number of guanidine groups is 1. The molecule has 0 aromatic carbocycles. The molecule has 1 aromatic heterocycles. The third-order valence-corrected chi connectivity index (χ3v) is 4.62. The monoisotopic (exact) mass is 346 g/mol. The molecule has 0 saturated heterocycles. The predicted molar refractivity (Wildman–Crippen MR) is 101 cm³/mol. The lowest BCUT2D eigenvalue weighted by molar-refractivity contribution is -0.138. The Kier molecular flexibility index (Phi) is 7.10. The molecule has 2 rings (SSSR count). The van der Waals surface area contributed by atoms with Crippen LogP contribution in [-0.4, -0.2) is 50.5 Å². The molecule has 1 heterocycles. The molecular weight excluding hydrogens is 316 g/mol. The second kappa shape index (κ2) is 9.30. The van der Waals surface area contributed by atoms with E-state index in [2.05, 4.69) is 17.2 Å². The van der Waals surface area contributed by atoms with E-state index in [9.17, 15) is 4.79 Å². The predicted octanol–water partition coefficient (Wildman–Crippen LogP) is 2.19. The summed E-state index contributed by atoms with van der Waals surface area (Å²) in [5.74, 6) is 1.84. The van der Waals surface area contributed by atoms with E-state index in [0.717, 1.165) is 37.9 Å². The summed E-state index contributed by atoms with van der Waals surface area (Å²) in [7, 11) is 3.65. The fraction of sp³-hybridized carbons (Fsp3) is 0.579. The van der Waals surface area contributed by atoms with Crippen molar-refractivity contribution in [2.24, 2.45) is 10.4 Å². The zero-order valence-electron chi connectivity index (χ0n) is 15.4. The fourth-order valence-electron chi connectivity index (χ4n) is 3.30. The highest BCUT2D eigenvalue weighted by Gasteiger charge is 2.41. The fourth-order valence-corrected chi connectivity index (χ4v) is 3.30. The molecule has 6 nitrogen and oxygen atoms in total. The summed E-state index contributed by atoms with van der Waals surface area (Å²) in [6.45, 7) is 5.59. The molecule has 1 aliphatic rings. The second-order valence-corrected chi connectivity index (χ2v) is 6.78. The summed E-state index contributed by atoms with van der Waals surface area (Å²) in [4.78, 5) is 19.1. The van der Waals surface area contributed by atoms with Gasteiger partial charge in [-0.05, 0) is 25.0 Å². The first-order valence-corrected chi connectivity index (χ1v) is 8.94. The quantitative estimate of drug-likeness (QED) is 0.430. The van der Waals surface area contributed by atoms with Crippen LogP contribution in [0, 0.1) is 5.41 Å². The van der Waals surface area contributed by atoms with Crippen LogP contribution in [0.1, 0.15) is 31.4 Å². The maximum absolute atomic E-state index is 12.7. The number of carbonyl (C=O) groups excluding carboxylic acids is 1. The van der Waals surface area contributed by atoms with Crippen LogP contribution in [0.25, 0.3) is 0 Å². The van der Waals surface area contributed by atoms with Crippen molar-refractivity contribution < 1.29 is 9.21 Å². The van der Waals surface area contributed by atoms with Crippen molar-refractivity contribution in [2.75, 3.05) is 33.7 Å². The smallest absolute Gasteiger partial charge is 0.230 e. The number of hydrogen-bond donors (Lipinski definition) is 2. The maximum atomic E-state index is 12.7.